The van der Waals surface area contributed by atoms with E-state index >= 15 is 0 Å². The van der Waals surface area contributed by atoms with Gasteiger partial charge in [0.05, 0.1) is 0 Å². The van der Waals surface area contributed by atoms with Gasteiger partial charge in [-0.2, -0.15) is 11.8 Å². The number of rotatable bonds is 7. The number of carbonyl (C=O) groups excluding carboxylic acids is 2. The van der Waals surface area contributed by atoms with Crippen molar-refractivity contribution in [3.8, 4) is 0 Å². The van der Waals surface area contributed by atoms with Crippen LogP contribution < -0.4 is 5.32 Å². The monoisotopic (exact) mass is 298 g/mol. The average molecular weight is 298 g/mol. The second kappa shape index (κ2) is 6.37. The zero-order valence-electron chi connectivity index (χ0n) is 12.8. The number of carbonyl (C=O) groups is 2. The summed E-state index contributed by atoms with van der Waals surface area (Å²) < 4.78 is 0. The summed E-state index contributed by atoms with van der Waals surface area (Å²) in [5.74, 6) is 1.62. The lowest BCUT2D eigenvalue weighted by atomic mass is 9.88. The lowest BCUT2D eigenvalue weighted by Gasteiger charge is -2.44. The van der Waals surface area contributed by atoms with Gasteiger partial charge in [-0.25, -0.2) is 0 Å². The van der Waals surface area contributed by atoms with Crippen LogP contribution >= 0.6 is 11.8 Å². The van der Waals surface area contributed by atoms with Crippen molar-refractivity contribution >= 4 is 23.6 Å². The van der Waals surface area contributed by atoms with Crippen LogP contribution in [0.4, 0.5) is 0 Å². The lowest BCUT2D eigenvalue weighted by Crippen LogP contribution is -2.70. The van der Waals surface area contributed by atoms with Gasteiger partial charge in [0, 0.05) is 6.54 Å². The fourth-order valence-corrected chi connectivity index (χ4v) is 3.60. The van der Waals surface area contributed by atoms with Crippen LogP contribution in [0.2, 0.25) is 0 Å². The van der Waals surface area contributed by atoms with E-state index in [0.717, 1.165) is 31.4 Å². The summed E-state index contributed by atoms with van der Waals surface area (Å²) in [5.41, 5.74) is -0.651. The van der Waals surface area contributed by atoms with Crippen molar-refractivity contribution in [3.63, 3.8) is 0 Å². The van der Waals surface area contributed by atoms with E-state index in [9.17, 15) is 9.59 Å². The van der Waals surface area contributed by atoms with Crippen LogP contribution in [0.5, 0.6) is 0 Å². The molecule has 2 fully saturated rings. The van der Waals surface area contributed by atoms with Crippen molar-refractivity contribution in [2.24, 2.45) is 5.92 Å². The summed E-state index contributed by atoms with van der Waals surface area (Å²) in [7, 11) is 0. The molecule has 0 aromatic heterocycles. The minimum absolute atomic E-state index is 0.0337. The number of hydrogen-bond donors (Lipinski definition) is 1. The second-order valence-corrected chi connectivity index (χ2v) is 7.07. The molecule has 2 rings (SSSR count). The second-order valence-electron chi connectivity index (χ2n) is 6.09. The number of nitrogens with zero attached hydrogens (tertiary/aromatic N) is 1. The van der Waals surface area contributed by atoms with Gasteiger partial charge in [-0.3, -0.25) is 9.59 Å². The van der Waals surface area contributed by atoms with Crippen LogP contribution in [0.3, 0.4) is 0 Å². The van der Waals surface area contributed by atoms with Crippen molar-refractivity contribution in [2.75, 3.05) is 18.6 Å². The molecule has 1 aliphatic heterocycles. The van der Waals surface area contributed by atoms with E-state index in [1.54, 1.807) is 0 Å². The maximum atomic E-state index is 12.8. The molecule has 0 aromatic rings. The van der Waals surface area contributed by atoms with Gasteiger partial charge in [0.2, 0.25) is 11.8 Å². The molecule has 20 heavy (non-hydrogen) atoms. The molecule has 114 valence electrons. The maximum absolute atomic E-state index is 12.8. The Labute approximate surface area is 126 Å². The molecule has 2 unspecified atom stereocenters. The molecule has 1 saturated carbocycles. The third kappa shape index (κ3) is 2.97. The molecule has 2 aliphatic rings. The molecule has 4 nitrogen and oxygen atoms in total. The Hall–Kier alpha value is -0.710. The smallest absolute Gasteiger partial charge is 0.249 e. The summed E-state index contributed by atoms with van der Waals surface area (Å²) in [4.78, 5) is 27.0. The van der Waals surface area contributed by atoms with Crippen molar-refractivity contribution in [1.82, 2.24) is 10.2 Å². The van der Waals surface area contributed by atoms with Gasteiger partial charge in [-0.1, -0.05) is 6.92 Å². The Morgan fingerprint density at radius 3 is 2.60 bits per heavy atom. The lowest BCUT2D eigenvalue weighted by molar-refractivity contribution is -0.155. The average Bonchev–Trinajstić information content (AvgIpc) is 3.24. The molecular formula is C15H26N2O2S. The molecule has 1 N–H and O–H groups in total. The Morgan fingerprint density at radius 1 is 1.35 bits per heavy atom. The normalized spacial score (nSPS) is 30.6. The first-order valence-electron chi connectivity index (χ1n) is 7.66. The van der Waals surface area contributed by atoms with Gasteiger partial charge in [-0.15, -0.1) is 0 Å². The fraction of sp³-hybridized carbons (Fsp3) is 0.867. The van der Waals surface area contributed by atoms with Crippen LogP contribution in [0.15, 0.2) is 0 Å². The molecule has 1 heterocycles. The fourth-order valence-electron chi connectivity index (χ4n) is 3.10. The van der Waals surface area contributed by atoms with Gasteiger partial charge in [0.1, 0.15) is 11.6 Å². The summed E-state index contributed by atoms with van der Waals surface area (Å²) in [6.07, 6.45) is 6.98. The van der Waals surface area contributed by atoms with E-state index in [4.69, 9.17) is 0 Å². The molecule has 1 saturated heterocycles. The van der Waals surface area contributed by atoms with Crippen LogP contribution in [0.25, 0.3) is 0 Å². The van der Waals surface area contributed by atoms with Crippen LogP contribution in [0.1, 0.15) is 46.0 Å². The summed E-state index contributed by atoms with van der Waals surface area (Å²) in [6, 6.07) is -0.274. The van der Waals surface area contributed by atoms with Gasteiger partial charge >= 0.3 is 0 Å². The maximum Gasteiger partial charge on any atom is 0.249 e. The van der Waals surface area contributed by atoms with Crippen LogP contribution in [-0.2, 0) is 9.59 Å². The Bertz CT molecular complexity index is 384. The minimum atomic E-state index is -0.651. The molecule has 1 aliphatic carbocycles. The highest BCUT2D eigenvalue weighted by molar-refractivity contribution is 7.98. The predicted molar refractivity (Wildman–Crippen MR) is 82.7 cm³/mol. The van der Waals surface area contributed by atoms with Crippen molar-refractivity contribution in [1.29, 1.82) is 0 Å². The largest absolute Gasteiger partial charge is 0.340 e. The van der Waals surface area contributed by atoms with E-state index in [1.165, 1.54) is 0 Å². The van der Waals surface area contributed by atoms with E-state index in [-0.39, 0.29) is 17.9 Å². The number of hydrogen-bond acceptors (Lipinski definition) is 3. The van der Waals surface area contributed by atoms with Crippen LogP contribution in [0, 0.1) is 5.92 Å². The summed E-state index contributed by atoms with van der Waals surface area (Å²) in [6.45, 7) is 4.60. The topological polar surface area (TPSA) is 49.4 Å². The number of unbranched alkanes of at least 4 members (excludes halogenated alkanes) is 1. The molecule has 2 atom stereocenters. The van der Waals surface area contributed by atoms with Crippen molar-refractivity contribution in [2.45, 2.75) is 57.5 Å². The van der Waals surface area contributed by atoms with E-state index in [2.05, 4.69) is 11.6 Å². The standard InChI is InChI=1S/C15H26N2O2S/c1-4-12-13(18)16-15(2,11-7-8-11)14(19)17(12)9-5-6-10-20-3/h11-12H,4-10H2,1-3H3,(H,16,18). The molecule has 2 amide bonds. The number of nitrogens with one attached hydrogen (secondary N) is 1. The Kier molecular flexibility index (Phi) is 4.99. The highest BCUT2D eigenvalue weighted by Crippen LogP contribution is 2.42. The molecular weight excluding hydrogens is 272 g/mol. The third-order valence-corrected chi connectivity index (χ3v) is 5.24. The van der Waals surface area contributed by atoms with Gasteiger partial charge in [-0.05, 0) is 57.0 Å². The molecule has 0 radical (unpaired) electrons. The van der Waals surface area contributed by atoms with E-state index in [0.29, 0.717) is 18.9 Å². The minimum Gasteiger partial charge on any atom is -0.340 e. The SMILES string of the molecule is CCC1C(=O)NC(C)(C2CC2)C(=O)N1CCCCSC. The first-order valence-corrected chi connectivity index (χ1v) is 9.06. The number of thioether (sulfide) groups is 1. The predicted octanol–water partition coefficient (Wildman–Crippen LogP) is 2.04. The Balaban J connectivity index is 2.06. The van der Waals surface area contributed by atoms with E-state index < -0.39 is 5.54 Å². The molecule has 0 aromatic carbocycles. The third-order valence-electron chi connectivity index (χ3n) is 4.54. The first kappa shape index (κ1) is 15.7. The number of amides is 2. The highest BCUT2D eigenvalue weighted by atomic mass is 32.2. The zero-order chi connectivity index (χ0) is 14.8. The van der Waals surface area contributed by atoms with Gasteiger partial charge in [0.25, 0.3) is 0 Å². The quantitative estimate of drug-likeness (QED) is 0.732. The van der Waals surface area contributed by atoms with Crippen LogP contribution in [-0.4, -0.2) is 46.8 Å². The number of piperazine rings is 1. The van der Waals surface area contributed by atoms with E-state index in [1.807, 2.05) is 30.5 Å². The zero-order valence-corrected chi connectivity index (χ0v) is 13.6. The Morgan fingerprint density at radius 2 is 2.05 bits per heavy atom. The van der Waals surface area contributed by atoms with Crippen molar-refractivity contribution in [3.05, 3.63) is 0 Å². The molecule has 0 spiro atoms. The molecule has 0 bridgehead atoms. The highest BCUT2D eigenvalue weighted by Gasteiger charge is 2.54. The van der Waals surface area contributed by atoms with Gasteiger partial charge in [0.15, 0.2) is 0 Å². The first-order chi connectivity index (χ1) is 9.54. The molecule has 5 heteroatoms. The summed E-state index contributed by atoms with van der Waals surface area (Å²) in [5, 5.41) is 3.00. The van der Waals surface area contributed by atoms with Gasteiger partial charge < -0.3 is 10.2 Å². The van der Waals surface area contributed by atoms with Crippen molar-refractivity contribution < 1.29 is 9.59 Å². The summed E-state index contributed by atoms with van der Waals surface area (Å²) >= 11 is 1.83.